The molecule has 0 aliphatic heterocycles. The highest BCUT2D eigenvalue weighted by atomic mass is 32.1. The summed E-state index contributed by atoms with van der Waals surface area (Å²) in [6.07, 6.45) is 1.12. The lowest BCUT2D eigenvalue weighted by molar-refractivity contribution is 0.734. The average Bonchev–Trinajstić information content (AvgIpc) is 3.11. The molecule has 0 radical (unpaired) electrons. The van der Waals surface area contributed by atoms with Gasteiger partial charge >= 0.3 is 0 Å². The maximum atomic E-state index is 9.55. The second-order valence-corrected chi connectivity index (χ2v) is 7.13. The molecule has 0 amide bonds. The number of benzene rings is 1. The Morgan fingerprint density at radius 2 is 1.91 bits per heavy atom. The molecular weight excluding hydrogens is 304 g/mol. The van der Waals surface area contributed by atoms with E-state index in [-0.39, 0.29) is 0 Å². The largest absolute Gasteiger partial charge is 0.216 e. The molecule has 0 N–H and O–H groups in total. The van der Waals surface area contributed by atoms with Gasteiger partial charge in [0.25, 0.3) is 0 Å². The molecule has 1 unspecified atom stereocenters. The number of nitriles is 1. The van der Waals surface area contributed by atoms with E-state index >= 15 is 0 Å². The molecule has 5 heteroatoms. The Labute approximate surface area is 140 Å². The molecule has 0 saturated heterocycles. The molecule has 118 valence electrons. The monoisotopic (exact) mass is 324 g/mol. The first-order chi connectivity index (χ1) is 11.0. The lowest BCUT2D eigenvalue weighted by atomic mass is 9.97. The van der Waals surface area contributed by atoms with Gasteiger partial charge in [-0.05, 0) is 17.9 Å². The highest BCUT2D eigenvalue weighted by Crippen LogP contribution is 2.30. The number of fused-ring (bicyclic) bond motifs is 1. The molecule has 0 bridgehead atoms. The van der Waals surface area contributed by atoms with Crippen LogP contribution in [0.25, 0.3) is 16.2 Å². The molecule has 0 spiro atoms. The quantitative estimate of drug-likeness (QED) is 0.681. The predicted molar refractivity (Wildman–Crippen MR) is 93.8 cm³/mol. The van der Waals surface area contributed by atoms with Gasteiger partial charge in [-0.2, -0.15) is 14.9 Å². The van der Waals surface area contributed by atoms with Crippen LogP contribution in [-0.2, 0) is 0 Å². The fourth-order valence-electron chi connectivity index (χ4n) is 2.50. The lowest BCUT2D eigenvalue weighted by Crippen LogP contribution is -1.94. The number of imidazole rings is 1. The summed E-state index contributed by atoms with van der Waals surface area (Å²) in [4.78, 5) is 5.43. The maximum absolute atomic E-state index is 9.55. The SMILES string of the molecule is CCC(C)c1ccc(-c2nc3sc(C(C)C)nn3c2C#N)cc1. The number of hydrogen-bond acceptors (Lipinski definition) is 4. The summed E-state index contributed by atoms with van der Waals surface area (Å²) in [6, 6.07) is 10.6. The van der Waals surface area contributed by atoms with E-state index in [9.17, 15) is 5.26 Å². The van der Waals surface area contributed by atoms with Crippen molar-refractivity contribution in [3.8, 4) is 17.3 Å². The topological polar surface area (TPSA) is 54.0 Å². The Hall–Kier alpha value is -2.19. The summed E-state index contributed by atoms with van der Waals surface area (Å²) in [5, 5.41) is 15.1. The van der Waals surface area contributed by atoms with Gasteiger partial charge < -0.3 is 0 Å². The fourth-order valence-corrected chi connectivity index (χ4v) is 3.40. The van der Waals surface area contributed by atoms with Gasteiger partial charge in [-0.1, -0.05) is 63.3 Å². The molecule has 23 heavy (non-hydrogen) atoms. The standard InChI is InChI=1S/C18H20N4S/c1-5-12(4)13-6-8-14(9-7-13)16-15(10-19)22-18(20-16)23-17(21-22)11(2)3/h6-9,11-12H,5H2,1-4H3. The fraction of sp³-hybridized carbons (Fsp3) is 0.389. The van der Waals surface area contributed by atoms with Gasteiger partial charge in [0.05, 0.1) is 0 Å². The van der Waals surface area contributed by atoms with Gasteiger partial charge in [0.15, 0.2) is 5.69 Å². The van der Waals surface area contributed by atoms with Crippen molar-refractivity contribution < 1.29 is 0 Å². The Morgan fingerprint density at radius 3 is 2.48 bits per heavy atom. The number of hydrogen-bond donors (Lipinski definition) is 0. The van der Waals surface area contributed by atoms with Crippen molar-refractivity contribution in [2.45, 2.75) is 46.0 Å². The van der Waals surface area contributed by atoms with E-state index in [0.29, 0.717) is 17.5 Å². The Balaban J connectivity index is 2.06. The number of aromatic nitrogens is 3. The molecule has 0 aliphatic rings. The van der Waals surface area contributed by atoms with E-state index in [1.165, 1.54) is 5.56 Å². The summed E-state index contributed by atoms with van der Waals surface area (Å²) in [7, 11) is 0. The molecule has 2 aromatic heterocycles. The maximum Gasteiger partial charge on any atom is 0.214 e. The third-order valence-electron chi connectivity index (χ3n) is 4.18. The second kappa shape index (κ2) is 6.13. The van der Waals surface area contributed by atoms with Gasteiger partial charge in [0.1, 0.15) is 16.8 Å². The second-order valence-electron chi connectivity index (χ2n) is 6.14. The molecule has 0 fully saturated rings. The van der Waals surface area contributed by atoms with Gasteiger partial charge in [-0.3, -0.25) is 0 Å². The Morgan fingerprint density at radius 1 is 1.22 bits per heavy atom. The highest BCUT2D eigenvalue weighted by Gasteiger charge is 2.19. The van der Waals surface area contributed by atoms with Gasteiger partial charge in [0, 0.05) is 11.5 Å². The highest BCUT2D eigenvalue weighted by molar-refractivity contribution is 7.16. The van der Waals surface area contributed by atoms with Crippen LogP contribution in [0.2, 0.25) is 0 Å². The average molecular weight is 324 g/mol. The first kappa shape index (κ1) is 15.7. The predicted octanol–water partition coefficient (Wildman–Crippen LogP) is 4.97. The minimum atomic E-state index is 0.339. The van der Waals surface area contributed by atoms with Crippen LogP contribution in [0.4, 0.5) is 0 Å². The molecule has 4 nitrogen and oxygen atoms in total. The van der Waals surface area contributed by atoms with Crippen molar-refractivity contribution in [1.29, 1.82) is 5.26 Å². The minimum absolute atomic E-state index is 0.339. The van der Waals surface area contributed by atoms with E-state index in [2.05, 4.69) is 68.1 Å². The van der Waals surface area contributed by atoms with Gasteiger partial charge in [-0.25, -0.2) is 4.98 Å². The van der Waals surface area contributed by atoms with Crippen LogP contribution in [0, 0.1) is 11.3 Å². The van der Waals surface area contributed by atoms with Crippen LogP contribution in [0.15, 0.2) is 24.3 Å². The van der Waals surface area contributed by atoms with E-state index in [4.69, 9.17) is 0 Å². The van der Waals surface area contributed by atoms with Crippen molar-refractivity contribution in [1.82, 2.24) is 14.6 Å². The Kier molecular flexibility index (Phi) is 4.18. The smallest absolute Gasteiger partial charge is 0.214 e. The number of nitrogens with zero attached hydrogens (tertiary/aromatic N) is 4. The van der Waals surface area contributed by atoms with Crippen molar-refractivity contribution in [3.63, 3.8) is 0 Å². The molecular formula is C18H20N4S. The Bertz CT molecular complexity index is 865. The van der Waals surface area contributed by atoms with Crippen LogP contribution in [0.3, 0.4) is 0 Å². The van der Waals surface area contributed by atoms with E-state index in [0.717, 1.165) is 27.6 Å². The normalized spacial score (nSPS) is 12.7. The van der Waals surface area contributed by atoms with Crippen LogP contribution in [-0.4, -0.2) is 14.6 Å². The zero-order valence-corrected chi connectivity index (χ0v) is 14.7. The van der Waals surface area contributed by atoms with E-state index in [1.54, 1.807) is 15.9 Å². The van der Waals surface area contributed by atoms with E-state index < -0.39 is 0 Å². The van der Waals surface area contributed by atoms with Crippen LogP contribution >= 0.6 is 11.3 Å². The van der Waals surface area contributed by atoms with Gasteiger partial charge in [0.2, 0.25) is 4.96 Å². The molecule has 3 aromatic rings. The first-order valence-electron chi connectivity index (χ1n) is 7.95. The molecule has 3 rings (SSSR count). The summed E-state index contributed by atoms with van der Waals surface area (Å²) in [5.41, 5.74) is 3.52. The molecule has 0 aliphatic carbocycles. The molecule has 0 saturated carbocycles. The molecule has 2 heterocycles. The summed E-state index contributed by atoms with van der Waals surface area (Å²) in [6.45, 7) is 8.60. The van der Waals surface area contributed by atoms with Crippen molar-refractivity contribution in [3.05, 3.63) is 40.5 Å². The van der Waals surface area contributed by atoms with Crippen LogP contribution < -0.4 is 0 Å². The minimum Gasteiger partial charge on any atom is -0.216 e. The van der Waals surface area contributed by atoms with Crippen molar-refractivity contribution in [2.24, 2.45) is 0 Å². The molecule has 1 aromatic carbocycles. The summed E-state index contributed by atoms with van der Waals surface area (Å²) in [5.74, 6) is 0.881. The third kappa shape index (κ3) is 2.75. The van der Waals surface area contributed by atoms with Crippen molar-refractivity contribution in [2.75, 3.05) is 0 Å². The lowest BCUT2D eigenvalue weighted by Gasteiger charge is -2.09. The van der Waals surface area contributed by atoms with Crippen molar-refractivity contribution >= 4 is 16.3 Å². The first-order valence-corrected chi connectivity index (χ1v) is 8.76. The zero-order chi connectivity index (χ0) is 16.6. The van der Waals surface area contributed by atoms with E-state index in [1.807, 2.05) is 0 Å². The third-order valence-corrected chi connectivity index (χ3v) is 5.39. The van der Waals surface area contributed by atoms with Crippen LogP contribution in [0.1, 0.15) is 62.2 Å². The molecule has 1 atom stereocenters. The van der Waals surface area contributed by atoms with Crippen LogP contribution in [0.5, 0.6) is 0 Å². The van der Waals surface area contributed by atoms with Gasteiger partial charge in [-0.15, -0.1) is 0 Å². The zero-order valence-electron chi connectivity index (χ0n) is 13.9. The summed E-state index contributed by atoms with van der Waals surface area (Å²) < 4.78 is 1.68. The number of rotatable bonds is 4. The summed E-state index contributed by atoms with van der Waals surface area (Å²) >= 11 is 1.55.